The van der Waals surface area contributed by atoms with Crippen LogP contribution in [0.2, 0.25) is 0 Å². The molecular formula is C22H28Cl2N6O. The second-order valence-electron chi connectivity index (χ2n) is 8.13. The molecular weight excluding hydrogens is 435 g/mol. The minimum Gasteiger partial charge on any atom is -0.497 e. The second-order valence-corrected chi connectivity index (χ2v) is 8.13. The van der Waals surface area contributed by atoms with Gasteiger partial charge in [-0.2, -0.15) is 0 Å². The van der Waals surface area contributed by atoms with E-state index in [1.54, 1.807) is 13.3 Å². The number of likely N-dealkylation sites (tertiary alicyclic amines) is 1. The topological polar surface area (TPSA) is 59.3 Å². The van der Waals surface area contributed by atoms with Crippen molar-refractivity contribution in [3.05, 3.63) is 54.4 Å². The van der Waals surface area contributed by atoms with Gasteiger partial charge in [0.2, 0.25) is 0 Å². The Balaban J connectivity index is 0.00000136. The molecule has 31 heavy (non-hydrogen) atoms. The molecule has 3 aromatic rings. The Morgan fingerprint density at radius 1 is 0.935 bits per heavy atom. The van der Waals surface area contributed by atoms with Gasteiger partial charge in [-0.15, -0.1) is 35.0 Å². The summed E-state index contributed by atoms with van der Waals surface area (Å²) < 4.78 is 7.28. The van der Waals surface area contributed by atoms with Crippen LogP contribution in [0.5, 0.6) is 5.75 Å². The van der Waals surface area contributed by atoms with E-state index < -0.39 is 0 Å². The maximum Gasteiger partial charge on any atom is 0.160 e. The molecule has 2 aliphatic rings. The number of methoxy groups -OCH3 is 1. The summed E-state index contributed by atoms with van der Waals surface area (Å²) in [6.45, 7) is 3.14. The summed E-state index contributed by atoms with van der Waals surface area (Å²) in [5, 5.41) is 8.95. The molecule has 0 N–H and O–H groups in total. The first kappa shape index (κ1) is 23.3. The van der Waals surface area contributed by atoms with Gasteiger partial charge in [0.25, 0.3) is 0 Å². The lowest BCUT2D eigenvalue weighted by atomic mass is 9.89. The molecule has 7 nitrogen and oxygen atoms in total. The lowest BCUT2D eigenvalue weighted by Gasteiger charge is -2.27. The van der Waals surface area contributed by atoms with Gasteiger partial charge in [-0.1, -0.05) is 12.1 Å². The lowest BCUT2D eigenvalue weighted by Crippen LogP contribution is -2.29. The summed E-state index contributed by atoms with van der Waals surface area (Å²) in [5.41, 5.74) is 2.16. The van der Waals surface area contributed by atoms with Gasteiger partial charge < -0.3 is 14.2 Å². The highest BCUT2D eigenvalue weighted by Gasteiger charge is 2.46. The van der Waals surface area contributed by atoms with Crippen molar-refractivity contribution < 1.29 is 4.74 Å². The van der Waals surface area contributed by atoms with Crippen LogP contribution in [-0.4, -0.2) is 58.4 Å². The average molecular weight is 463 g/mol. The van der Waals surface area contributed by atoms with E-state index in [0.717, 1.165) is 42.7 Å². The first-order valence-electron chi connectivity index (χ1n) is 10.0. The second kappa shape index (κ2) is 9.42. The number of anilines is 1. The third-order valence-corrected chi connectivity index (χ3v) is 6.38. The molecule has 0 radical (unpaired) electrons. The molecule has 2 fully saturated rings. The number of halogens is 2. The van der Waals surface area contributed by atoms with E-state index in [4.69, 9.17) is 4.74 Å². The van der Waals surface area contributed by atoms with E-state index in [-0.39, 0.29) is 24.8 Å². The number of rotatable bonds is 4. The zero-order valence-corrected chi connectivity index (χ0v) is 19.5. The highest BCUT2D eigenvalue weighted by molar-refractivity contribution is 5.85. The largest absolute Gasteiger partial charge is 0.497 e. The van der Waals surface area contributed by atoms with E-state index in [2.05, 4.69) is 62.4 Å². The summed E-state index contributed by atoms with van der Waals surface area (Å²) in [5.74, 6) is 3.92. The molecule has 2 saturated heterocycles. The molecule has 0 aliphatic carbocycles. The van der Waals surface area contributed by atoms with Gasteiger partial charge in [0.15, 0.2) is 11.6 Å². The number of aromatic nitrogens is 4. The third kappa shape index (κ3) is 4.22. The van der Waals surface area contributed by atoms with Crippen molar-refractivity contribution in [2.24, 2.45) is 18.9 Å². The molecule has 2 aliphatic heterocycles. The van der Waals surface area contributed by atoms with Crippen LogP contribution in [0.4, 0.5) is 5.82 Å². The van der Waals surface area contributed by atoms with Crippen molar-refractivity contribution in [2.75, 3.05) is 38.7 Å². The summed E-state index contributed by atoms with van der Waals surface area (Å²) in [6.07, 6.45) is 3.70. The van der Waals surface area contributed by atoms with Gasteiger partial charge in [-0.25, -0.2) is 4.98 Å². The van der Waals surface area contributed by atoms with Crippen LogP contribution in [0.15, 0.2) is 48.8 Å². The predicted octanol–water partition coefficient (Wildman–Crippen LogP) is 3.47. The van der Waals surface area contributed by atoms with Gasteiger partial charge in [0, 0.05) is 51.0 Å². The summed E-state index contributed by atoms with van der Waals surface area (Å²) >= 11 is 0. The van der Waals surface area contributed by atoms with Crippen molar-refractivity contribution >= 4 is 30.6 Å². The van der Waals surface area contributed by atoms with Crippen LogP contribution < -0.4 is 9.64 Å². The molecule has 0 unspecified atom stereocenters. The minimum absolute atomic E-state index is 0. The zero-order valence-electron chi connectivity index (χ0n) is 17.9. The van der Waals surface area contributed by atoms with Crippen LogP contribution in [0.1, 0.15) is 11.6 Å². The first-order valence-corrected chi connectivity index (χ1v) is 10.0. The Morgan fingerprint density at radius 3 is 2.32 bits per heavy atom. The molecule has 166 valence electrons. The molecule has 4 heterocycles. The van der Waals surface area contributed by atoms with Gasteiger partial charge in [-0.05, 0) is 42.8 Å². The Morgan fingerprint density at radius 2 is 1.71 bits per heavy atom. The van der Waals surface area contributed by atoms with E-state index in [0.29, 0.717) is 17.9 Å². The molecule has 5 rings (SSSR count). The number of benzene rings is 1. The monoisotopic (exact) mass is 462 g/mol. The average Bonchev–Trinajstić information content (AvgIpc) is 3.42. The lowest BCUT2D eigenvalue weighted by molar-refractivity contribution is 0.279. The Bertz CT molecular complexity index is 994. The quantitative estimate of drug-likeness (QED) is 0.591. The number of imidazole rings is 1. The minimum atomic E-state index is 0. The molecule has 0 bridgehead atoms. The Hall–Kier alpha value is -2.35. The number of fused-ring (bicyclic) bond motifs is 1. The fraction of sp³-hybridized carbons (Fsp3) is 0.409. The summed E-state index contributed by atoms with van der Waals surface area (Å²) in [4.78, 5) is 9.23. The normalized spacial score (nSPS) is 22.5. The Kier molecular flexibility index (Phi) is 7.09. The van der Waals surface area contributed by atoms with Crippen LogP contribution in [0.25, 0.3) is 11.5 Å². The fourth-order valence-electron chi connectivity index (χ4n) is 4.97. The van der Waals surface area contributed by atoms with E-state index in [9.17, 15) is 0 Å². The molecule has 9 heteroatoms. The molecule has 1 aromatic carbocycles. The van der Waals surface area contributed by atoms with Crippen LogP contribution in [0, 0.1) is 11.8 Å². The summed E-state index contributed by atoms with van der Waals surface area (Å²) in [6, 6.07) is 13.0. The number of ether oxygens (including phenoxy) is 1. The van der Waals surface area contributed by atoms with Crippen molar-refractivity contribution in [3.63, 3.8) is 0 Å². The predicted molar refractivity (Wildman–Crippen MR) is 126 cm³/mol. The van der Waals surface area contributed by atoms with Gasteiger partial charge in [0.1, 0.15) is 11.4 Å². The SMILES string of the molecule is COc1ccc([C@@H]2[C@@H]3CN(c4ccc(-c5nccn5C)nn4)C[C@@H]3CN2C)cc1.Cl.Cl. The van der Waals surface area contributed by atoms with E-state index >= 15 is 0 Å². The van der Waals surface area contributed by atoms with Gasteiger partial charge in [0.05, 0.1) is 7.11 Å². The number of aryl methyl sites for hydroxylation is 1. The number of hydrogen-bond acceptors (Lipinski definition) is 6. The van der Waals surface area contributed by atoms with Crippen LogP contribution in [-0.2, 0) is 7.05 Å². The van der Waals surface area contributed by atoms with Gasteiger partial charge in [-0.3, -0.25) is 4.90 Å². The number of nitrogens with zero attached hydrogens (tertiary/aromatic N) is 6. The van der Waals surface area contributed by atoms with Crippen molar-refractivity contribution in [2.45, 2.75) is 6.04 Å². The standard InChI is InChI=1S/C22H26N6O.2ClH/c1-26-11-10-23-22(26)19-8-9-20(25-24-19)28-13-16-12-27(2)21(18(16)14-28)15-4-6-17(29-3)7-5-15;;/h4-11,16,18,21H,12-14H2,1-3H3;2*1H/t16-,18+,21+;;/m0../s1. The smallest absolute Gasteiger partial charge is 0.160 e. The molecule has 2 aromatic heterocycles. The molecule has 3 atom stereocenters. The third-order valence-electron chi connectivity index (χ3n) is 6.38. The highest BCUT2D eigenvalue weighted by atomic mass is 35.5. The fourth-order valence-corrected chi connectivity index (χ4v) is 4.97. The van der Waals surface area contributed by atoms with Crippen molar-refractivity contribution in [1.82, 2.24) is 24.6 Å². The Labute approximate surface area is 195 Å². The van der Waals surface area contributed by atoms with Crippen molar-refractivity contribution in [1.29, 1.82) is 0 Å². The zero-order chi connectivity index (χ0) is 20.0. The number of hydrogen-bond donors (Lipinski definition) is 0. The molecule has 0 spiro atoms. The van der Waals surface area contributed by atoms with Gasteiger partial charge >= 0.3 is 0 Å². The summed E-state index contributed by atoms with van der Waals surface area (Å²) in [7, 11) is 5.91. The van der Waals surface area contributed by atoms with E-state index in [1.807, 2.05) is 23.9 Å². The van der Waals surface area contributed by atoms with Crippen LogP contribution in [0.3, 0.4) is 0 Å². The van der Waals surface area contributed by atoms with Crippen molar-refractivity contribution in [3.8, 4) is 17.3 Å². The molecule has 0 saturated carbocycles. The first-order chi connectivity index (χ1) is 14.1. The molecule has 0 amide bonds. The van der Waals surface area contributed by atoms with E-state index in [1.165, 1.54) is 5.56 Å². The van der Waals surface area contributed by atoms with Crippen LogP contribution >= 0.6 is 24.8 Å². The maximum absolute atomic E-state index is 5.32. The highest BCUT2D eigenvalue weighted by Crippen LogP contribution is 2.45. The maximum atomic E-state index is 5.32.